The molecule has 10 heteroatoms. The van der Waals surface area contributed by atoms with Gasteiger partial charge in [-0.2, -0.15) is 17.5 Å². The molecule has 1 fully saturated rings. The summed E-state index contributed by atoms with van der Waals surface area (Å²) in [5, 5.41) is 2.58. The molecule has 174 valence electrons. The molecule has 32 heavy (non-hydrogen) atoms. The van der Waals surface area contributed by atoms with Gasteiger partial charge in [-0.25, -0.2) is 8.42 Å². The molecule has 2 aromatic rings. The Balaban J connectivity index is 1.58. The molecular formula is C22H25F3N2O4S. The molecule has 0 unspecified atom stereocenters. The van der Waals surface area contributed by atoms with E-state index in [0.717, 1.165) is 18.4 Å². The lowest BCUT2D eigenvalue weighted by molar-refractivity contribution is -0.153. The molecule has 1 amide bonds. The molecule has 6 nitrogen and oxygen atoms in total. The zero-order chi connectivity index (χ0) is 23.4. The minimum absolute atomic E-state index is 0.0489. The van der Waals surface area contributed by atoms with Gasteiger partial charge in [0.15, 0.2) is 6.61 Å². The number of halogens is 3. The number of nitrogens with zero attached hydrogens (tertiary/aromatic N) is 1. The number of hydrogen-bond acceptors (Lipinski definition) is 4. The lowest BCUT2D eigenvalue weighted by Crippen LogP contribution is -2.27. The summed E-state index contributed by atoms with van der Waals surface area (Å²) in [6, 6.07) is 11.0. The largest absolute Gasteiger partial charge is 0.482 e. The standard InChI is InChI=1S/C22H25F3N2O4S/c1-16-4-10-19(20(14-16)31-15-22(23,24)25)26-21(28)11-7-17-5-8-18(9-6-17)32(29,30)27-12-2-3-13-27/h4-6,8-10,14H,2-3,7,11-13,15H2,1H3,(H,26,28). The van der Waals surface area contributed by atoms with Crippen LogP contribution in [0.15, 0.2) is 47.4 Å². The van der Waals surface area contributed by atoms with Crippen molar-refractivity contribution in [2.45, 2.75) is 43.7 Å². The van der Waals surface area contributed by atoms with Gasteiger partial charge in [0.05, 0.1) is 10.6 Å². The van der Waals surface area contributed by atoms with Crippen molar-refractivity contribution >= 4 is 21.6 Å². The van der Waals surface area contributed by atoms with Crippen LogP contribution < -0.4 is 10.1 Å². The molecule has 0 bridgehead atoms. The maximum Gasteiger partial charge on any atom is 0.422 e. The summed E-state index contributed by atoms with van der Waals surface area (Å²) in [7, 11) is -3.49. The smallest absolute Gasteiger partial charge is 0.422 e. The molecule has 0 aliphatic carbocycles. The zero-order valence-corrected chi connectivity index (χ0v) is 18.4. The summed E-state index contributed by atoms with van der Waals surface area (Å²) < 4.78 is 68.9. The van der Waals surface area contributed by atoms with E-state index in [2.05, 4.69) is 5.32 Å². The Kier molecular flexibility index (Phi) is 7.45. The SMILES string of the molecule is Cc1ccc(NC(=O)CCc2ccc(S(=O)(=O)N3CCCC3)cc2)c(OCC(F)(F)F)c1. The van der Waals surface area contributed by atoms with Gasteiger partial charge in [0.25, 0.3) is 0 Å². The lowest BCUT2D eigenvalue weighted by atomic mass is 10.1. The minimum Gasteiger partial charge on any atom is -0.482 e. The Morgan fingerprint density at radius 1 is 1.09 bits per heavy atom. The van der Waals surface area contributed by atoms with Crippen LogP contribution in [0.25, 0.3) is 0 Å². The van der Waals surface area contributed by atoms with Crippen LogP contribution in [-0.4, -0.2) is 44.5 Å². The Morgan fingerprint density at radius 2 is 1.75 bits per heavy atom. The Bertz CT molecular complexity index is 1050. The highest BCUT2D eigenvalue weighted by molar-refractivity contribution is 7.89. The molecule has 1 aliphatic heterocycles. The second kappa shape index (κ2) is 9.91. The molecule has 0 aromatic heterocycles. The van der Waals surface area contributed by atoms with Crippen LogP contribution in [0.4, 0.5) is 18.9 Å². The van der Waals surface area contributed by atoms with Gasteiger partial charge in [-0.15, -0.1) is 0 Å². The predicted octanol–water partition coefficient (Wildman–Crippen LogP) is 4.29. The molecule has 1 saturated heterocycles. The van der Waals surface area contributed by atoms with E-state index in [9.17, 15) is 26.4 Å². The molecule has 0 atom stereocenters. The van der Waals surface area contributed by atoms with E-state index >= 15 is 0 Å². The second-order valence-corrected chi connectivity index (χ2v) is 9.64. The first-order chi connectivity index (χ1) is 15.0. The molecule has 3 rings (SSSR count). The van der Waals surface area contributed by atoms with Gasteiger partial charge in [-0.3, -0.25) is 4.79 Å². The number of carbonyl (C=O) groups excluding carboxylic acids is 1. The van der Waals surface area contributed by atoms with Crippen molar-refractivity contribution in [2.75, 3.05) is 25.0 Å². The van der Waals surface area contributed by atoms with E-state index in [-0.39, 0.29) is 28.7 Å². The highest BCUT2D eigenvalue weighted by atomic mass is 32.2. The van der Waals surface area contributed by atoms with Crippen LogP contribution >= 0.6 is 0 Å². The number of sulfonamides is 1. The summed E-state index contributed by atoms with van der Waals surface area (Å²) in [4.78, 5) is 12.6. The number of carbonyl (C=O) groups is 1. The Morgan fingerprint density at radius 3 is 2.38 bits per heavy atom. The fourth-order valence-electron chi connectivity index (χ4n) is 3.39. The number of nitrogens with one attached hydrogen (secondary N) is 1. The highest BCUT2D eigenvalue weighted by Crippen LogP contribution is 2.28. The maximum absolute atomic E-state index is 12.6. The summed E-state index contributed by atoms with van der Waals surface area (Å²) in [6.45, 7) is 1.31. The minimum atomic E-state index is -4.49. The number of amides is 1. The number of anilines is 1. The van der Waals surface area contributed by atoms with Crippen molar-refractivity contribution in [1.82, 2.24) is 4.31 Å². The lowest BCUT2D eigenvalue weighted by Gasteiger charge is -2.16. The molecule has 0 radical (unpaired) electrons. The van der Waals surface area contributed by atoms with E-state index in [1.54, 1.807) is 25.1 Å². The quantitative estimate of drug-likeness (QED) is 0.625. The molecule has 2 aromatic carbocycles. The average Bonchev–Trinajstić information content (AvgIpc) is 3.28. The summed E-state index contributed by atoms with van der Waals surface area (Å²) in [5.41, 5.74) is 1.64. The van der Waals surface area contributed by atoms with Crippen molar-refractivity contribution in [1.29, 1.82) is 0 Å². The first-order valence-electron chi connectivity index (χ1n) is 10.2. The van der Waals surface area contributed by atoms with Crippen molar-refractivity contribution < 1.29 is 31.1 Å². The van der Waals surface area contributed by atoms with Crippen LogP contribution in [0, 0.1) is 6.92 Å². The van der Waals surface area contributed by atoms with Crippen molar-refractivity contribution in [3.8, 4) is 5.75 Å². The monoisotopic (exact) mass is 470 g/mol. The van der Waals surface area contributed by atoms with E-state index < -0.39 is 22.8 Å². The third-order valence-electron chi connectivity index (χ3n) is 5.07. The Hall–Kier alpha value is -2.59. The van der Waals surface area contributed by atoms with Crippen molar-refractivity contribution in [2.24, 2.45) is 0 Å². The molecule has 1 N–H and O–H groups in total. The summed E-state index contributed by atoms with van der Waals surface area (Å²) >= 11 is 0. The first-order valence-corrected chi connectivity index (χ1v) is 11.7. The van der Waals surface area contributed by atoms with Crippen LogP contribution in [-0.2, 0) is 21.2 Å². The van der Waals surface area contributed by atoms with Gasteiger partial charge in [0.2, 0.25) is 15.9 Å². The van der Waals surface area contributed by atoms with Gasteiger partial charge in [0.1, 0.15) is 5.75 Å². The van der Waals surface area contributed by atoms with Gasteiger partial charge < -0.3 is 10.1 Å². The highest BCUT2D eigenvalue weighted by Gasteiger charge is 2.29. The Labute approximate surface area is 185 Å². The number of ether oxygens (including phenoxy) is 1. The average molecular weight is 471 g/mol. The first kappa shape index (κ1) is 24.1. The number of aryl methyl sites for hydroxylation is 2. The molecular weight excluding hydrogens is 445 g/mol. The summed E-state index contributed by atoms with van der Waals surface area (Å²) in [5.74, 6) is -0.438. The van der Waals surface area contributed by atoms with Crippen molar-refractivity contribution in [3.63, 3.8) is 0 Å². The predicted molar refractivity (Wildman–Crippen MR) is 114 cm³/mol. The molecule has 0 spiro atoms. The zero-order valence-electron chi connectivity index (χ0n) is 17.6. The normalized spacial score (nSPS) is 15.0. The van der Waals surface area contributed by atoms with Crippen LogP contribution in [0.2, 0.25) is 0 Å². The van der Waals surface area contributed by atoms with Crippen LogP contribution in [0.3, 0.4) is 0 Å². The number of alkyl halides is 3. The number of rotatable bonds is 8. The van der Waals surface area contributed by atoms with Gasteiger partial charge in [0, 0.05) is 19.5 Å². The van der Waals surface area contributed by atoms with E-state index in [4.69, 9.17) is 4.74 Å². The molecule has 0 saturated carbocycles. The third-order valence-corrected chi connectivity index (χ3v) is 6.98. The van der Waals surface area contributed by atoms with Gasteiger partial charge in [-0.1, -0.05) is 18.2 Å². The number of benzene rings is 2. The number of hydrogen-bond donors (Lipinski definition) is 1. The van der Waals surface area contributed by atoms with E-state index in [1.807, 2.05) is 0 Å². The second-order valence-electron chi connectivity index (χ2n) is 7.71. The topological polar surface area (TPSA) is 75.7 Å². The van der Waals surface area contributed by atoms with Gasteiger partial charge in [-0.05, 0) is 61.6 Å². The van der Waals surface area contributed by atoms with Crippen LogP contribution in [0.5, 0.6) is 5.75 Å². The van der Waals surface area contributed by atoms with Gasteiger partial charge >= 0.3 is 6.18 Å². The molecule has 1 aliphatic rings. The fraction of sp³-hybridized carbons (Fsp3) is 0.409. The maximum atomic E-state index is 12.6. The molecule has 1 heterocycles. The van der Waals surface area contributed by atoms with E-state index in [0.29, 0.717) is 25.1 Å². The van der Waals surface area contributed by atoms with E-state index in [1.165, 1.54) is 28.6 Å². The fourth-order valence-corrected chi connectivity index (χ4v) is 4.91. The third kappa shape index (κ3) is 6.46. The summed E-state index contributed by atoms with van der Waals surface area (Å²) in [6.07, 6.45) is -2.35. The van der Waals surface area contributed by atoms with Crippen molar-refractivity contribution in [3.05, 3.63) is 53.6 Å². The van der Waals surface area contributed by atoms with Crippen LogP contribution in [0.1, 0.15) is 30.4 Å².